The highest BCUT2D eigenvalue weighted by molar-refractivity contribution is 5.77. The molecule has 0 aliphatic carbocycles. The number of hydrogen-bond donors (Lipinski definition) is 2. The molecule has 15 heavy (non-hydrogen) atoms. The van der Waals surface area contributed by atoms with E-state index in [0.29, 0.717) is 6.54 Å². The lowest BCUT2D eigenvalue weighted by Crippen LogP contribution is -2.31. The van der Waals surface area contributed by atoms with E-state index in [2.05, 4.69) is 42.7 Å². The number of carbonyl (C=O) groups excluding carboxylic acids is 1. The molecule has 0 aliphatic rings. The number of amides is 1. The Kier molecular flexibility index (Phi) is 4.31. The molecule has 0 saturated heterocycles. The van der Waals surface area contributed by atoms with E-state index >= 15 is 0 Å². The maximum atomic E-state index is 11.0. The fourth-order valence-corrected chi connectivity index (χ4v) is 1.39. The first kappa shape index (κ1) is 11.7. The van der Waals surface area contributed by atoms with Gasteiger partial charge in [-0.05, 0) is 25.0 Å². The van der Waals surface area contributed by atoms with Crippen LogP contribution in [-0.2, 0) is 11.3 Å². The first-order valence-corrected chi connectivity index (χ1v) is 5.11. The molecule has 0 saturated carbocycles. The van der Waals surface area contributed by atoms with Crippen molar-refractivity contribution < 1.29 is 4.79 Å². The zero-order valence-electron chi connectivity index (χ0n) is 9.55. The lowest BCUT2D eigenvalue weighted by atomic mass is 10.1. The summed E-state index contributed by atoms with van der Waals surface area (Å²) in [6, 6.07) is 6.34. The van der Waals surface area contributed by atoms with Gasteiger partial charge in [0.1, 0.15) is 0 Å². The molecule has 82 valence electrons. The van der Waals surface area contributed by atoms with E-state index < -0.39 is 0 Å². The van der Waals surface area contributed by atoms with Crippen molar-refractivity contribution in [3.05, 3.63) is 34.9 Å². The monoisotopic (exact) mass is 206 g/mol. The highest BCUT2D eigenvalue weighted by Crippen LogP contribution is 2.09. The SMILES string of the molecule is CNC(=O)CNCc1cc(C)ccc1C. The Labute approximate surface area is 90.9 Å². The fourth-order valence-electron chi connectivity index (χ4n) is 1.39. The molecule has 0 aliphatic heterocycles. The summed E-state index contributed by atoms with van der Waals surface area (Å²) in [7, 11) is 1.64. The predicted octanol–water partition coefficient (Wildman–Crippen LogP) is 1.14. The average Bonchev–Trinajstić information content (AvgIpc) is 2.23. The van der Waals surface area contributed by atoms with Crippen LogP contribution in [0.1, 0.15) is 16.7 Å². The molecular weight excluding hydrogens is 188 g/mol. The van der Waals surface area contributed by atoms with Gasteiger partial charge in [-0.1, -0.05) is 23.8 Å². The molecule has 0 aromatic heterocycles. The molecule has 0 atom stereocenters. The molecule has 1 rings (SSSR count). The second-order valence-corrected chi connectivity index (χ2v) is 3.71. The highest BCUT2D eigenvalue weighted by Gasteiger charge is 2.00. The molecule has 2 N–H and O–H groups in total. The van der Waals surface area contributed by atoms with Crippen LogP contribution in [0.15, 0.2) is 18.2 Å². The van der Waals surface area contributed by atoms with Crippen molar-refractivity contribution in [1.82, 2.24) is 10.6 Å². The van der Waals surface area contributed by atoms with Crippen LogP contribution in [0.4, 0.5) is 0 Å². The Morgan fingerprint density at radius 3 is 2.73 bits per heavy atom. The molecule has 3 heteroatoms. The molecule has 0 heterocycles. The van der Waals surface area contributed by atoms with Gasteiger partial charge in [0.25, 0.3) is 0 Å². The smallest absolute Gasteiger partial charge is 0.233 e. The standard InChI is InChI=1S/C12H18N2O/c1-9-4-5-10(2)11(6-9)7-14-8-12(15)13-3/h4-6,14H,7-8H2,1-3H3,(H,13,15). The van der Waals surface area contributed by atoms with Crippen LogP contribution in [0, 0.1) is 13.8 Å². The first-order valence-electron chi connectivity index (χ1n) is 5.11. The van der Waals surface area contributed by atoms with Crippen molar-refractivity contribution in [2.75, 3.05) is 13.6 Å². The van der Waals surface area contributed by atoms with Gasteiger partial charge in [-0.3, -0.25) is 4.79 Å². The van der Waals surface area contributed by atoms with Crippen LogP contribution in [-0.4, -0.2) is 19.5 Å². The number of aryl methyl sites for hydroxylation is 2. The number of carbonyl (C=O) groups is 1. The predicted molar refractivity (Wildman–Crippen MR) is 61.7 cm³/mol. The van der Waals surface area contributed by atoms with Crippen LogP contribution >= 0.6 is 0 Å². The van der Waals surface area contributed by atoms with Crippen LogP contribution in [0.5, 0.6) is 0 Å². The zero-order valence-corrected chi connectivity index (χ0v) is 9.55. The lowest BCUT2D eigenvalue weighted by Gasteiger charge is -2.08. The van der Waals surface area contributed by atoms with Gasteiger partial charge in [0.05, 0.1) is 6.54 Å². The van der Waals surface area contributed by atoms with Crippen LogP contribution in [0.25, 0.3) is 0 Å². The van der Waals surface area contributed by atoms with E-state index in [4.69, 9.17) is 0 Å². The largest absolute Gasteiger partial charge is 0.358 e. The third-order valence-electron chi connectivity index (χ3n) is 2.38. The van der Waals surface area contributed by atoms with E-state index in [1.165, 1.54) is 16.7 Å². The molecule has 3 nitrogen and oxygen atoms in total. The number of rotatable bonds is 4. The normalized spacial score (nSPS) is 10.1. The maximum absolute atomic E-state index is 11.0. The first-order chi connectivity index (χ1) is 7.13. The van der Waals surface area contributed by atoms with Gasteiger partial charge in [0, 0.05) is 13.6 Å². The van der Waals surface area contributed by atoms with Gasteiger partial charge in [0.2, 0.25) is 5.91 Å². The third kappa shape index (κ3) is 3.72. The minimum Gasteiger partial charge on any atom is -0.358 e. The fraction of sp³-hybridized carbons (Fsp3) is 0.417. The molecule has 0 fully saturated rings. The van der Waals surface area contributed by atoms with Gasteiger partial charge in [-0.2, -0.15) is 0 Å². The number of likely N-dealkylation sites (N-methyl/N-ethyl adjacent to an activating group) is 1. The molecule has 0 spiro atoms. The molecule has 1 aromatic rings. The minimum absolute atomic E-state index is 0.0142. The summed E-state index contributed by atoms with van der Waals surface area (Å²) in [6.07, 6.45) is 0. The van der Waals surface area contributed by atoms with Crippen molar-refractivity contribution in [3.8, 4) is 0 Å². The highest BCUT2D eigenvalue weighted by atomic mass is 16.1. The van der Waals surface area contributed by atoms with Crippen molar-refractivity contribution in [3.63, 3.8) is 0 Å². The number of nitrogens with one attached hydrogen (secondary N) is 2. The summed E-state index contributed by atoms with van der Waals surface area (Å²) < 4.78 is 0. The summed E-state index contributed by atoms with van der Waals surface area (Å²) >= 11 is 0. The molecule has 0 unspecified atom stereocenters. The maximum Gasteiger partial charge on any atom is 0.233 e. The molecule has 0 radical (unpaired) electrons. The van der Waals surface area contributed by atoms with Crippen LogP contribution < -0.4 is 10.6 Å². The van der Waals surface area contributed by atoms with E-state index in [1.54, 1.807) is 7.05 Å². The van der Waals surface area contributed by atoms with Gasteiger partial charge in [-0.15, -0.1) is 0 Å². The molecule has 1 amide bonds. The number of hydrogen-bond acceptors (Lipinski definition) is 2. The van der Waals surface area contributed by atoms with Crippen LogP contribution in [0.2, 0.25) is 0 Å². The Morgan fingerprint density at radius 1 is 1.33 bits per heavy atom. The van der Waals surface area contributed by atoms with Crippen molar-refractivity contribution in [2.45, 2.75) is 20.4 Å². The summed E-state index contributed by atoms with van der Waals surface area (Å²) in [4.78, 5) is 11.0. The Hall–Kier alpha value is -1.35. The van der Waals surface area contributed by atoms with Crippen molar-refractivity contribution in [1.29, 1.82) is 0 Å². The zero-order chi connectivity index (χ0) is 11.3. The van der Waals surface area contributed by atoms with Gasteiger partial charge < -0.3 is 10.6 Å². The van der Waals surface area contributed by atoms with E-state index in [9.17, 15) is 4.79 Å². The topological polar surface area (TPSA) is 41.1 Å². The summed E-state index contributed by atoms with van der Waals surface area (Å²) in [5.74, 6) is 0.0142. The van der Waals surface area contributed by atoms with Gasteiger partial charge in [0.15, 0.2) is 0 Å². The Balaban J connectivity index is 2.50. The Morgan fingerprint density at radius 2 is 2.07 bits per heavy atom. The second kappa shape index (κ2) is 5.51. The van der Waals surface area contributed by atoms with E-state index in [0.717, 1.165) is 6.54 Å². The molecule has 1 aromatic carbocycles. The molecular formula is C12H18N2O. The number of benzene rings is 1. The molecule has 0 bridgehead atoms. The second-order valence-electron chi connectivity index (χ2n) is 3.71. The van der Waals surface area contributed by atoms with Crippen LogP contribution in [0.3, 0.4) is 0 Å². The average molecular weight is 206 g/mol. The minimum atomic E-state index is 0.0142. The van der Waals surface area contributed by atoms with Gasteiger partial charge >= 0.3 is 0 Å². The third-order valence-corrected chi connectivity index (χ3v) is 2.38. The lowest BCUT2D eigenvalue weighted by molar-refractivity contribution is -0.119. The van der Waals surface area contributed by atoms with E-state index in [1.807, 2.05) is 0 Å². The van der Waals surface area contributed by atoms with Crippen molar-refractivity contribution >= 4 is 5.91 Å². The van der Waals surface area contributed by atoms with Gasteiger partial charge in [-0.25, -0.2) is 0 Å². The summed E-state index contributed by atoms with van der Waals surface area (Å²) in [5.41, 5.74) is 3.75. The Bertz CT molecular complexity index is 347. The quantitative estimate of drug-likeness (QED) is 0.775. The van der Waals surface area contributed by atoms with E-state index in [-0.39, 0.29) is 5.91 Å². The summed E-state index contributed by atoms with van der Waals surface area (Å²) in [5, 5.41) is 5.68. The summed E-state index contributed by atoms with van der Waals surface area (Å²) in [6.45, 7) is 5.25. The van der Waals surface area contributed by atoms with Crippen molar-refractivity contribution in [2.24, 2.45) is 0 Å².